The van der Waals surface area contributed by atoms with Gasteiger partial charge in [-0.1, -0.05) is 24.3 Å². The molecule has 0 saturated carbocycles. The van der Waals surface area contributed by atoms with Crippen LogP contribution in [-0.2, 0) is 0 Å². The highest BCUT2D eigenvalue weighted by Gasteiger charge is 2.05. The summed E-state index contributed by atoms with van der Waals surface area (Å²) in [6.07, 6.45) is 0. The number of hydrogen-bond donors (Lipinski definition) is 2. The van der Waals surface area contributed by atoms with Crippen LogP contribution in [0.3, 0.4) is 0 Å². The van der Waals surface area contributed by atoms with Crippen LogP contribution in [0.2, 0.25) is 0 Å². The molecule has 25 heavy (non-hydrogen) atoms. The van der Waals surface area contributed by atoms with Gasteiger partial charge in [0, 0.05) is 16.9 Å². The zero-order chi connectivity index (χ0) is 17.6. The first-order chi connectivity index (χ1) is 12.1. The van der Waals surface area contributed by atoms with Gasteiger partial charge in [-0.25, -0.2) is 4.39 Å². The summed E-state index contributed by atoms with van der Waals surface area (Å²) in [7, 11) is 0. The van der Waals surface area contributed by atoms with Crippen molar-refractivity contribution in [2.24, 2.45) is 0 Å². The van der Waals surface area contributed by atoms with Crippen molar-refractivity contribution in [3.63, 3.8) is 0 Å². The molecule has 0 aliphatic rings. The van der Waals surface area contributed by atoms with Gasteiger partial charge < -0.3 is 15.4 Å². The molecule has 3 aromatic rings. The standard InChI is InChI=1S/C20H17FN2OS/c1-14-18(21)8-5-9-19(14)23-20(25)22-15-10-12-17(13-11-15)24-16-6-3-2-4-7-16/h2-13H,1H3,(H2,22,23,25). The van der Waals surface area contributed by atoms with Gasteiger partial charge in [0.05, 0.1) is 0 Å². The van der Waals surface area contributed by atoms with Crippen molar-refractivity contribution in [3.8, 4) is 11.5 Å². The maximum absolute atomic E-state index is 13.6. The molecule has 3 aromatic carbocycles. The Kier molecular flexibility index (Phi) is 5.26. The lowest BCUT2D eigenvalue weighted by Crippen LogP contribution is -2.19. The molecule has 0 atom stereocenters. The smallest absolute Gasteiger partial charge is 0.175 e. The van der Waals surface area contributed by atoms with Crippen molar-refractivity contribution in [1.29, 1.82) is 0 Å². The molecule has 0 aliphatic heterocycles. The van der Waals surface area contributed by atoms with E-state index in [1.807, 2.05) is 54.6 Å². The van der Waals surface area contributed by atoms with Crippen molar-refractivity contribution in [2.45, 2.75) is 6.92 Å². The number of thiocarbonyl (C=S) groups is 1. The highest BCUT2D eigenvalue weighted by atomic mass is 32.1. The first kappa shape index (κ1) is 16.9. The van der Waals surface area contributed by atoms with E-state index in [2.05, 4.69) is 10.6 Å². The van der Waals surface area contributed by atoms with Crippen LogP contribution in [0.15, 0.2) is 72.8 Å². The van der Waals surface area contributed by atoms with Gasteiger partial charge in [0.25, 0.3) is 0 Å². The molecule has 3 nitrogen and oxygen atoms in total. The zero-order valence-corrected chi connectivity index (χ0v) is 14.4. The van der Waals surface area contributed by atoms with Gasteiger partial charge in [-0.2, -0.15) is 0 Å². The maximum Gasteiger partial charge on any atom is 0.175 e. The number of rotatable bonds is 4. The second kappa shape index (κ2) is 7.77. The molecule has 5 heteroatoms. The Bertz CT molecular complexity index is 867. The van der Waals surface area contributed by atoms with Gasteiger partial charge >= 0.3 is 0 Å². The van der Waals surface area contributed by atoms with E-state index >= 15 is 0 Å². The lowest BCUT2D eigenvalue weighted by molar-refractivity contribution is 0.483. The molecule has 3 rings (SSSR count). The Morgan fingerprint density at radius 2 is 1.52 bits per heavy atom. The van der Waals surface area contributed by atoms with E-state index < -0.39 is 0 Å². The third-order valence-corrected chi connectivity index (χ3v) is 3.81. The van der Waals surface area contributed by atoms with Crippen LogP contribution >= 0.6 is 12.2 Å². The first-order valence-electron chi connectivity index (χ1n) is 7.78. The van der Waals surface area contributed by atoms with Crippen LogP contribution in [0.25, 0.3) is 0 Å². The Hall–Kier alpha value is -2.92. The fourth-order valence-electron chi connectivity index (χ4n) is 2.26. The van der Waals surface area contributed by atoms with E-state index in [0.29, 0.717) is 16.4 Å². The fraction of sp³-hybridized carbons (Fsp3) is 0.0500. The quantitative estimate of drug-likeness (QED) is 0.587. The molecule has 2 N–H and O–H groups in total. The third-order valence-electron chi connectivity index (χ3n) is 3.61. The van der Waals surface area contributed by atoms with E-state index in [0.717, 1.165) is 17.2 Å². The Balaban J connectivity index is 1.61. The number of halogens is 1. The molecule has 0 heterocycles. The number of anilines is 2. The average Bonchev–Trinajstić information content (AvgIpc) is 2.62. The van der Waals surface area contributed by atoms with Gasteiger partial charge in [-0.05, 0) is 67.7 Å². The highest BCUT2D eigenvalue weighted by molar-refractivity contribution is 7.80. The van der Waals surface area contributed by atoms with Crippen molar-refractivity contribution >= 4 is 28.7 Å². The molecule has 126 valence electrons. The summed E-state index contributed by atoms with van der Waals surface area (Å²) in [6.45, 7) is 1.70. The number of benzene rings is 3. The Morgan fingerprint density at radius 1 is 0.840 bits per heavy atom. The third kappa shape index (κ3) is 4.55. The van der Waals surface area contributed by atoms with Crippen molar-refractivity contribution < 1.29 is 9.13 Å². The van der Waals surface area contributed by atoms with Crippen molar-refractivity contribution in [1.82, 2.24) is 0 Å². The molecule has 0 saturated heterocycles. The van der Waals surface area contributed by atoms with Crippen LogP contribution in [0, 0.1) is 12.7 Å². The lowest BCUT2D eigenvalue weighted by atomic mass is 10.2. The Labute approximate surface area is 151 Å². The van der Waals surface area contributed by atoms with Crippen LogP contribution in [0.4, 0.5) is 15.8 Å². The molecular weight excluding hydrogens is 335 g/mol. The highest BCUT2D eigenvalue weighted by Crippen LogP contribution is 2.23. The second-order valence-electron chi connectivity index (χ2n) is 5.43. The Morgan fingerprint density at radius 3 is 2.24 bits per heavy atom. The molecule has 0 bridgehead atoms. The minimum absolute atomic E-state index is 0.268. The zero-order valence-electron chi connectivity index (χ0n) is 13.6. The summed E-state index contributed by atoms with van der Waals surface area (Å²) in [5.41, 5.74) is 1.98. The van der Waals surface area contributed by atoms with Gasteiger partial charge in [0.2, 0.25) is 0 Å². The molecule has 0 spiro atoms. The number of nitrogens with one attached hydrogen (secondary N) is 2. The summed E-state index contributed by atoms with van der Waals surface area (Å²) >= 11 is 5.28. The summed E-state index contributed by atoms with van der Waals surface area (Å²) in [5, 5.41) is 6.47. The van der Waals surface area contributed by atoms with Gasteiger partial charge in [0.15, 0.2) is 5.11 Å². The van der Waals surface area contributed by atoms with Gasteiger partial charge in [-0.15, -0.1) is 0 Å². The van der Waals surface area contributed by atoms with Gasteiger partial charge in [-0.3, -0.25) is 0 Å². The molecule has 0 aliphatic carbocycles. The van der Waals surface area contributed by atoms with Crippen molar-refractivity contribution in [2.75, 3.05) is 10.6 Å². The lowest BCUT2D eigenvalue weighted by Gasteiger charge is -2.13. The molecule has 0 aromatic heterocycles. The summed E-state index contributed by atoms with van der Waals surface area (Å²) in [5.74, 6) is 1.24. The predicted octanol–water partition coefficient (Wildman–Crippen LogP) is 5.74. The monoisotopic (exact) mass is 352 g/mol. The number of para-hydroxylation sites is 1. The minimum atomic E-state index is -0.268. The molecular formula is C20H17FN2OS. The SMILES string of the molecule is Cc1c(F)cccc1NC(=S)Nc1ccc(Oc2ccccc2)cc1. The molecule has 0 fully saturated rings. The minimum Gasteiger partial charge on any atom is -0.457 e. The summed E-state index contributed by atoms with van der Waals surface area (Å²) in [4.78, 5) is 0. The van der Waals surface area contributed by atoms with E-state index in [9.17, 15) is 4.39 Å². The van der Waals surface area contributed by atoms with Crippen LogP contribution in [0.1, 0.15) is 5.56 Å². The number of ether oxygens (including phenoxy) is 1. The summed E-state index contributed by atoms with van der Waals surface area (Å²) in [6, 6.07) is 21.8. The largest absolute Gasteiger partial charge is 0.457 e. The van der Waals surface area contributed by atoms with Crippen molar-refractivity contribution in [3.05, 3.63) is 84.2 Å². The first-order valence-corrected chi connectivity index (χ1v) is 8.19. The summed E-state index contributed by atoms with van der Waals surface area (Å²) < 4.78 is 19.3. The second-order valence-corrected chi connectivity index (χ2v) is 5.84. The number of hydrogen-bond acceptors (Lipinski definition) is 2. The maximum atomic E-state index is 13.6. The normalized spacial score (nSPS) is 10.2. The molecule has 0 radical (unpaired) electrons. The fourth-order valence-corrected chi connectivity index (χ4v) is 2.49. The van der Waals surface area contributed by atoms with E-state index in [4.69, 9.17) is 17.0 Å². The molecule has 0 unspecified atom stereocenters. The van der Waals surface area contributed by atoms with Gasteiger partial charge in [0.1, 0.15) is 17.3 Å². The van der Waals surface area contributed by atoms with Crippen LogP contribution in [-0.4, -0.2) is 5.11 Å². The molecule has 0 amide bonds. The van der Waals surface area contributed by atoms with Crippen LogP contribution < -0.4 is 15.4 Å². The average molecular weight is 352 g/mol. The van der Waals surface area contributed by atoms with E-state index in [1.54, 1.807) is 19.1 Å². The van der Waals surface area contributed by atoms with E-state index in [1.165, 1.54) is 6.07 Å². The van der Waals surface area contributed by atoms with Crippen LogP contribution in [0.5, 0.6) is 11.5 Å². The topological polar surface area (TPSA) is 33.3 Å². The predicted molar refractivity (Wildman–Crippen MR) is 104 cm³/mol. The van der Waals surface area contributed by atoms with E-state index in [-0.39, 0.29) is 5.82 Å².